The minimum atomic E-state index is -4.55. The summed E-state index contributed by atoms with van der Waals surface area (Å²) in [5.41, 5.74) is 5.24. The molecule has 0 radical (unpaired) electrons. The number of pyridine rings is 3. The molecule has 86 heavy (non-hydrogen) atoms. The summed E-state index contributed by atoms with van der Waals surface area (Å²) in [6, 6.07) is 15.5. The van der Waals surface area contributed by atoms with Crippen LogP contribution in [0.15, 0.2) is 102 Å². The first-order valence-corrected chi connectivity index (χ1v) is 30.5. The normalized spacial score (nSPS) is 17.3. The number of carbonyl (C=O) groups excluding carboxylic acids is 6. The molecule has 0 spiro atoms. The van der Waals surface area contributed by atoms with Crippen LogP contribution in [0.4, 0.5) is 23.2 Å². The van der Waals surface area contributed by atoms with Gasteiger partial charge in [0.25, 0.3) is 21.9 Å². The van der Waals surface area contributed by atoms with Crippen molar-refractivity contribution in [3.8, 4) is 34.2 Å². The molecule has 6 N–H and O–H groups in total. The van der Waals surface area contributed by atoms with Gasteiger partial charge in [-0.05, 0) is 76.7 Å². The second-order valence-corrected chi connectivity index (χ2v) is 24.6. The highest BCUT2D eigenvalue weighted by atomic mass is 33.1. The number of aliphatic carboxylic acids is 1. The van der Waals surface area contributed by atoms with Crippen LogP contribution in [0.5, 0.6) is 5.88 Å². The molecule has 29 heteroatoms. The molecule has 3 aromatic heterocycles. The fraction of sp³-hybridized carbons (Fsp3) is 0.316. The molecular formula is C57H53F4N11O11S3. The van der Waals surface area contributed by atoms with Crippen LogP contribution in [-0.4, -0.2) is 135 Å². The van der Waals surface area contributed by atoms with Crippen molar-refractivity contribution in [3.63, 3.8) is 0 Å². The van der Waals surface area contributed by atoms with Crippen LogP contribution in [0.3, 0.4) is 0 Å². The smallest absolute Gasteiger partial charge is 0.327 e. The molecule has 6 heterocycles. The van der Waals surface area contributed by atoms with E-state index in [1.165, 1.54) is 41.3 Å². The highest BCUT2D eigenvalue weighted by Crippen LogP contribution is 2.37. The number of likely N-dealkylation sites (tertiary alicyclic amines) is 1. The van der Waals surface area contributed by atoms with E-state index >= 15 is 0 Å². The SMILES string of the molecule is COc1ncc(-c2ccc3nccc(-c4cncc(C(=O)NCCSSCC(NC(=O)CCC(=O)NCc5cccc6c5CN(C(=O)CC5CC(C(=O)N7CC(F)(F)C[C@H]7C#N)NC5=O)C6)C(=O)O)c4)c3c2)cc1NS(=O)(=O)c1ccc(F)cc1F. The quantitative estimate of drug-likeness (QED) is 0.0254. The lowest BCUT2D eigenvalue weighted by Crippen LogP contribution is -2.46. The summed E-state index contributed by atoms with van der Waals surface area (Å²) in [7, 11) is -0.852. The van der Waals surface area contributed by atoms with E-state index in [-0.39, 0.29) is 80.7 Å². The van der Waals surface area contributed by atoms with Crippen molar-refractivity contribution >= 4 is 89.6 Å². The van der Waals surface area contributed by atoms with Crippen LogP contribution in [-0.2, 0) is 58.4 Å². The molecular weight excluding hydrogens is 1190 g/mol. The van der Waals surface area contributed by atoms with Gasteiger partial charge < -0.3 is 40.9 Å². The van der Waals surface area contributed by atoms with Crippen LogP contribution in [0, 0.1) is 28.9 Å². The fourth-order valence-corrected chi connectivity index (χ4v) is 13.2. The highest BCUT2D eigenvalue weighted by Gasteiger charge is 2.50. The summed E-state index contributed by atoms with van der Waals surface area (Å²) in [6.07, 6.45) is 4.32. The molecule has 6 amide bonds. The number of fused-ring (bicyclic) bond motifs is 2. The van der Waals surface area contributed by atoms with Crippen LogP contribution in [0.1, 0.15) is 59.2 Å². The van der Waals surface area contributed by atoms with Gasteiger partial charge in [0.05, 0.1) is 30.8 Å². The maximum absolute atomic E-state index is 14.5. The Bertz CT molecular complexity index is 3840. The number of carbonyl (C=O) groups is 7. The van der Waals surface area contributed by atoms with E-state index in [2.05, 4.69) is 40.9 Å². The van der Waals surface area contributed by atoms with Crippen molar-refractivity contribution in [2.45, 2.75) is 80.7 Å². The predicted molar refractivity (Wildman–Crippen MR) is 306 cm³/mol. The number of anilines is 1. The standard InChI is InChI=1S/C57H53F4N11O11S3/c1-83-54-45(70-86(81,82)48-8-6-38(58)20-43(48)59)18-35(26-67-54)31-5-7-44-41(16-31)40(11-12-64-44)36-15-37(24-63-23-36)52(76)65-13-14-84-85-29-47(56(79)80)68-50(74)10-9-49(73)66-25-32-3-2-4-33-27-71(28-42(32)33)51(75)19-34-17-46(69-53(34)77)55(78)72-30-57(60,61)21-39(72)22-62/h2-8,11-12,15-16,18,20,23-24,26,34,39,46-47,70H,9-10,13-14,17,19,21,25,27-30H2,1H3,(H,65,76)(H,66,73)(H,68,74)(H,69,77)(H,79,80)/t34?,39-,46?,47?/m0/s1. The Hall–Kier alpha value is -8.88. The monoisotopic (exact) mass is 1240 g/mol. The van der Waals surface area contributed by atoms with Gasteiger partial charge >= 0.3 is 5.97 Å². The van der Waals surface area contributed by atoms with Gasteiger partial charge in [-0.1, -0.05) is 45.9 Å². The second kappa shape index (κ2) is 26.6. The van der Waals surface area contributed by atoms with Gasteiger partial charge in [-0.15, -0.1) is 0 Å². The van der Waals surface area contributed by atoms with Crippen LogP contribution < -0.4 is 30.7 Å². The molecule has 448 valence electrons. The number of carboxylic acid groups (broad SMARTS) is 1. The number of nitrogens with one attached hydrogen (secondary N) is 5. The van der Waals surface area contributed by atoms with Gasteiger partial charge in [-0.25, -0.2) is 35.8 Å². The predicted octanol–water partition coefficient (Wildman–Crippen LogP) is 5.72. The van der Waals surface area contributed by atoms with Crippen LogP contribution in [0.2, 0.25) is 0 Å². The minimum Gasteiger partial charge on any atom is -0.480 e. The molecule has 3 unspecified atom stereocenters. The van der Waals surface area contributed by atoms with Crippen molar-refractivity contribution in [3.05, 3.63) is 131 Å². The molecule has 0 bridgehead atoms. The number of aromatic nitrogens is 3. The van der Waals surface area contributed by atoms with Crippen molar-refractivity contribution in [1.29, 1.82) is 5.26 Å². The van der Waals surface area contributed by atoms with Gasteiger partial charge in [0.1, 0.15) is 40.3 Å². The number of halogens is 4. The van der Waals surface area contributed by atoms with E-state index in [4.69, 9.17) is 4.74 Å². The third-order valence-corrected chi connectivity index (χ3v) is 18.2. The minimum absolute atomic E-state index is 0.0357. The first kappa shape index (κ1) is 61.7. The van der Waals surface area contributed by atoms with Gasteiger partial charge in [-0.3, -0.25) is 43.5 Å². The summed E-state index contributed by atoms with van der Waals surface area (Å²) >= 11 is 0. The lowest BCUT2D eigenvalue weighted by molar-refractivity contribution is -0.141. The van der Waals surface area contributed by atoms with Crippen molar-refractivity contribution in [2.24, 2.45) is 5.92 Å². The first-order chi connectivity index (χ1) is 41.1. The zero-order chi connectivity index (χ0) is 61.5. The van der Waals surface area contributed by atoms with E-state index in [1.807, 2.05) is 6.07 Å². The van der Waals surface area contributed by atoms with Crippen LogP contribution in [0.25, 0.3) is 33.2 Å². The Morgan fingerprint density at radius 2 is 1.73 bits per heavy atom. The topological polar surface area (TPSA) is 312 Å². The first-order valence-electron chi connectivity index (χ1n) is 26.5. The number of nitriles is 1. The average molecular weight is 1240 g/mol. The molecule has 3 aromatic carbocycles. The number of amides is 6. The lowest BCUT2D eigenvalue weighted by atomic mass is 9.98. The summed E-state index contributed by atoms with van der Waals surface area (Å²) in [6.45, 7) is -0.302. The van der Waals surface area contributed by atoms with E-state index in [1.54, 1.807) is 60.9 Å². The number of sulfonamides is 1. The summed E-state index contributed by atoms with van der Waals surface area (Å²) < 4.78 is 90.0. The number of rotatable bonds is 23. The lowest BCUT2D eigenvalue weighted by Gasteiger charge is -2.22. The summed E-state index contributed by atoms with van der Waals surface area (Å²) in [4.78, 5) is 105. The Balaban J connectivity index is 0.700. The number of nitrogens with zero attached hydrogens (tertiary/aromatic N) is 6. The summed E-state index contributed by atoms with van der Waals surface area (Å²) in [5.74, 6) is -10.8. The summed E-state index contributed by atoms with van der Waals surface area (Å²) in [5, 5.41) is 30.3. The van der Waals surface area contributed by atoms with Gasteiger partial charge in [-0.2, -0.15) is 5.26 Å². The molecule has 2 saturated heterocycles. The molecule has 3 aliphatic rings. The van der Waals surface area contributed by atoms with Gasteiger partial charge in [0.15, 0.2) is 0 Å². The average Bonchev–Trinajstić information content (AvgIpc) is 2.44. The van der Waals surface area contributed by atoms with E-state index in [9.17, 15) is 69.9 Å². The number of benzene rings is 3. The number of carboxylic acids is 1. The maximum atomic E-state index is 14.5. The Morgan fingerprint density at radius 1 is 0.930 bits per heavy atom. The number of hydrogen-bond donors (Lipinski definition) is 6. The van der Waals surface area contributed by atoms with Crippen molar-refractivity contribution in [2.75, 3.05) is 36.4 Å². The molecule has 0 aliphatic carbocycles. The van der Waals surface area contributed by atoms with Gasteiger partial charge in [0.2, 0.25) is 35.4 Å². The molecule has 2 fully saturated rings. The Labute approximate surface area is 496 Å². The van der Waals surface area contributed by atoms with Crippen molar-refractivity contribution in [1.82, 2.24) is 46.0 Å². The number of methoxy groups -OCH3 is 1. The molecule has 9 rings (SSSR count). The molecule has 0 saturated carbocycles. The molecule has 22 nitrogen and oxygen atoms in total. The Kier molecular flexibility index (Phi) is 19.1. The molecule has 3 aliphatic heterocycles. The highest BCUT2D eigenvalue weighted by molar-refractivity contribution is 8.76. The largest absolute Gasteiger partial charge is 0.480 e. The zero-order valence-electron chi connectivity index (χ0n) is 45.5. The number of ether oxygens (including phenoxy) is 1. The molecule has 4 atom stereocenters. The fourth-order valence-electron chi connectivity index (χ4n) is 10.1. The van der Waals surface area contributed by atoms with E-state index in [0.717, 1.165) is 39.0 Å². The third kappa shape index (κ3) is 14.6. The zero-order valence-corrected chi connectivity index (χ0v) is 47.9. The Morgan fingerprint density at radius 3 is 2.50 bits per heavy atom. The van der Waals surface area contributed by atoms with E-state index < -0.39 is 105 Å². The molecule has 6 aromatic rings. The second-order valence-electron chi connectivity index (χ2n) is 20.3. The van der Waals surface area contributed by atoms with Crippen LogP contribution >= 0.6 is 21.6 Å². The maximum Gasteiger partial charge on any atom is 0.327 e. The third-order valence-electron chi connectivity index (χ3n) is 14.4. The number of alkyl halides is 2. The number of hydrogen-bond acceptors (Lipinski definition) is 16. The van der Waals surface area contributed by atoms with Crippen molar-refractivity contribution < 1.29 is 69.4 Å². The van der Waals surface area contributed by atoms with E-state index in [0.29, 0.717) is 50.5 Å². The van der Waals surface area contributed by atoms with Gasteiger partial charge in [0, 0.05) is 117 Å².